The number of anilines is 2. The van der Waals surface area contributed by atoms with Crippen molar-refractivity contribution in [3.63, 3.8) is 0 Å². The minimum absolute atomic E-state index is 0.301. The van der Waals surface area contributed by atoms with Crippen molar-refractivity contribution < 1.29 is 18.7 Å². The van der Waals surface area contributed by atoms with Crippen LogP contribution in [0.2, 0.25) is 0 Å². The van der Waals surface area contributed by atoms with Crippen molar-refractivity contribution in [1.29, 1.82) is 0 Å². The van der Waals surface area contributed by atoms with Gasteiger partial charge in [-0.05, 0) is 61.8 Å². The van der Waals surface area contributed by atoms with Crippen molar-refractivity contribution in [2.45, 2.75) is 19.3 Å². The number of nitrogens with one attached hydrogen (secondary N) is 2. The van der Waals surface area contributed by atoms with Gasteiger partial charge in [0.1, 0.15) is 5.82 Å². The Morgan fingerprint density at radius 3 is 2.62 bits per heavy atom. The first-order valence-corrected chi connectivity index (χ1v) is 11.5. The molecule has 1 saturated heterocycles. The molecule has 2 aromatic carbocycles. The Morgan fingerprint density at radius 1 is 1.12 bits per heavy atom. The maximum Gasteiger partial charge on any atom is 0.342 e. The van der Waals surface area contributed by atoms with Crippen LogP contribution in [0.3, 0.4) is 0 Å². The molecule has 0 unspecified atom stereocenters. The summed E-state index contributed by atoms with van der Waals surface area (Å²) in [4.78, 5) is 15.6. The summed E-state index contributed by atoms with van der Waals surface area (Å²) >= 11 is 0. The SMILES string of the molecule is COc1cc2c(cc1OC)-c1c(c(Nc3cccc(F)c3)nn1C(=O)NCCN1CCCC1)C2. The first kappa shape index (κ1) is 22.2. The third kappa shape index (κ3) is 4.19. The van der Waals surface area contributed by atoms with Gasteiger partial charge in [0.25, 0.3) is 0 Å². The number of ether oxygens (including phenoxy) is 2. The number of nitrogens with zero attached hydrogens (tertiary/aromatic N) is 3. The van der Waals surface area contributed by atoms with Gasteiger partial charge in [-0.1, -0.05) is 6.07 Å². The summed E-state index contributed by atoms with van der Waals surface area (Å²) in [7, 11) is 3.18. The third-order valence-electron chi connectivity index (χ3n) is 6.40. The molecule has 0 atom stereocenters. The molecule has 2 N–H and O–H groups in total. The van der Waals surface area contributed by atoms with Gasteiger partial charge in [0, 0.05) is 36.3 Å². The Morgan fingerprint density at radius 2 is 1.88 bits per heavy atom. The topological polar surface area (TPSA) is 80.6 Å². The molecule has 3 aromatic rings. The third-order valence-corrected chi connectivity index (χ3v) is 6.40. The molecule has 8 nitrogen and oxygen atoms in total. The molecule has 9 heteroatoms. The minimum atomic E-state index is -0.349. The summed E-state index contributed by atoms with van der Waals surface area (Å²) in [6, 6.07) is 9.68. The van der Waals surface area contributed by atoms with Crippen molar-refractivity contribution in [1.82, 2.24) is 20.0 Å². The Bertz CT molecular complexity index is 1220. The van der Waals surface area contributed by atoms with E-state index in [0.717, 1.165) is 36.3 Å². The van der Waals surface area contributed by atoms with E-state index in [1.165, 1.54) is 29.7 Å². The largest absolute Gasteiger partial charge is 0.493 e. The van der Waals surface area contributed by atoms with E-state index in [-0.39, 0.29) is 11.8 Å². The van der Waals surface area contributed by atoms with E-state index >= 15 is 0 Å². The van der Waals surface area contributed by atoms with Gasteiger partial charge in [-0.25, -0.2) is 9.18 Å². The summed E-state index contributed by atoms with van der Waals surface area (Å²) in [6.45, 7) is 3.50. The zero-order valence-electron chi connectivity index (χ0n) is 19.4. The van der Waals surface area contributed by atoms with E-state index in [0.29, 0.717) is 41.7 Å². The second-order valence-electron chi connectivity index (χ2n) is 8.54. The average Bonchev–Trinajstić information content (AvgIpc) is 3.55. The molecule has 1 aromatic heterocycles. The standard InChI is InChI=1S/C25H28FN5O3/c1-33-21-13-16-12-20-23(19(16)15-22(21)34-2)31(25(32)27-8-11-30-9-3-4-10-30)29-24(20)28-18-7-5-6-17(26)14-18/h5-7,13-15H,3-4,8-12H2,1-2H3,(H,27,32)(H,28,29). The minimum Gasteiger partial charge on any atom is -0.493 e. The van der Waals surface area contributed by atoms with Crippen molar-refractivity contribution in [2.75, 3.05) is 45.7 Å². The van der Waals surface area contributed by atoms with Crippen molar-refractivity contribution in [3.8, 4) is 22.8 Å². The van der Waals surface area contributed by atoms with Crippen LogP contribution in [0.4, 0.5) is 20.7 Å². The van der Waals surface area contributed by atoms with Gasteiger partial charge >= 0.3 is 6.03 Å². The van der Waals surface area contributed by atoms with E-state index in [1.807, 2.05) is 12.1 Å². The predicted octanol–water partition coefficient (Wildman–Crippen LogP) is 4.01. The van der Waals surface area contributed by atoms with Gasteiger partial charge in [0.15, 0.2) is 17.3 Å². The number of hydrogen-bond acceptors (Lipinski definition) is 6. The van der Waals surface area contributed by atoms with E-state index in [4.69, 9.17) is 9.47 Å². The lowest BCUT2D eigenvalue weighted by atomic mass is 10.1. The number of fused-ring (bicyclic) bond motifs is 3. The number of rotatable bonds is 7. The van der Waals surface area contributed by atoms with Crippen LogP contribution in [0.15, 0.2) is 36.4 Å². The van der Waals surface area contributed by atoms with E-state index in [2.05, 4.69) is 20.6 Å². The lowest BCUT2D eigenvalue weighted by Gasteiger charge is -2.15. The summed E-state index contributed by atoms with van der Waals surface area (Å²) in [5.41, 5.74) is 4.00. The summed E-state index contributed by atoms with van der Waals surface area (Å²) in [5.74, 6) is 1.37. The highest BCUT2D eigenvalue weighted by Crippen LogP contribution is 2.45. The van der Waals surface area contributed by atoms with Crippen LogP contribution in [-0.4, -0.2) is 61.1 Å². The number of benzene rings is 2. The van der Waals surface area contributed by atoms with Crippen LogP contribution in [0.25, 0.3) is 11.3 Å². The van der Waals surface area contributed by atoms with Crippen molar-refractivity contribution >= 4 is 17.5 Å². The molecule has 1 aliphatic heterocycles. The van der Waals surface area contributed by atoms with Gasteiger partial charge in [0.05, 0.1) is 19.9 Å². The summed E-state index contributed by atoms with van der Waals surface area (Å²) < 4.78 is 26.1. The summed E-state index contributed by atoms with van der Waals surface area (Å²) in [5, 5.41) is 10.8. The highest BCUT2D eigenvalue weighted by atomic mass is 19.1. The predicted molar refractivity (Wildman–Crippen MR) is 128 cm³/mol. The molecule has 0 spiro atoms. The van der Waals surface area contributed by atoms with E-state index < -0.39 is 0 Å². The van der Waals surface area contributed by atoms with Gasteiger partial charge < -0.3 is 25.0 Å². The summed E-state index contributed by atoms with van der Waals surface area (Å²) in [6.07, 6.45) is 2.97. The van der Waals surface area contributed by atoms with Gasteiger partial charge in [0.2, 0.25) is 0 Å². The first-order chi connectivity index (χ1) is 16.6. The highest BCUT2D eigenvalue weighted by molar-refractivity contribution is 5.90. The molecule has 1 aliphatic carbocycles. The number of carbonyl (C=O) groups is 1. The number of methoxy groups -OCH3 is 2. The molecule has 34 heavy (non-hydrogen) atoms. The van der Waals surface area contributed by atoms with Crippen LogP contribution in [0.1, 0.15) is 24.0 Å². The van der Waals surface area contributed by atoms with Gasteiger partial charge in [-0.2, -0.15) is 4.68 Å². The molecule has 5 rings (SSSR count). The van der Waals surface area contributed by atoms with Crippen LogP contribution in [-0.2, 0) is 6.42 Å². The number of likely N-dealkylation sites (tertiary alicyclic amines) is 1. The van der Waals surface area contributed by atoms with Crippen molar-refractivity contribution in [3.05, 3.63) is 53.3 Å². The lowest BCUT2D eigenvalue weighted by Crippen LogP contribution is -2.36. The fraction of sp³-hybridized carbons (Fsp3) is 0.360. The second-order valence-corrected chi connectivity index (χ2v) is 8.54. The maximum atomic E-state index is 13.8. The average molecular weight is 466 g/mol. The molecule has 0 radical (unpaired) electrons. The van der Waals surface area contributed by atoms with Gasteiger partial charge in [-0.3, -0.25) is 0 Å². The molecule has 0 saturated carbocycles. The molecule has 2 aliphatic rings. The second kappa shape index (κ2) is 9.34. The zero-order chi connectivity index (χ0) is 23.7. The fourth-order valence-electron chi connectivity index (χ4n) is 4.73. The number of amides is 1. The first-order valence-electron chi connectivity index (χ1n) is 11.5. The molecular weight excluding hydrogens is 437 g/mol. The maximum absolute atomic E-state index is 13.8. The van der Waals surface area contributed by atoms with Crippen LogP contribution >= 0.6 is 0 Å². The van der Waals surface area contributed by atoms with Crippen LogP contribution in [0, 0.1) is 5.82 Å². The van der Waals surface area contributed by atoms with Crippen molar-refractivity contribution in [2.24, 2.45) is 0 Å². The quantitative estimate of drug-likeness (QED) is 0.429. The number of hydrogen-bond donors (Lipinski definition) is 2. The molecular formula is C25H28FN5O3. The van der Waals surface area contributed by atoms with Gasteiger partial charge in [-0.15, -0.1) is 5.10 Å². The smallest absolute Gasteiger partial charge is 0.342 e. The highest BCUT2D eigenvalue weighted by Gasteiger charge is 2.32. The van der Waals surface area contributed by atoms with E-state index in [9.17, 15) is 9.18 Å². The Hall–Kier alpha value is -3.59. The zero-order valence-corrected chi connectivity index (χ0v) is 19.4. The Labute approximate surface area is 197 Å². The molecule has 0 bridgehead atoms. The number of carbonyl (C=O) groups excluding carboxylic acids is 1. The fourth-order valence-corrected chi connectivity index (χ4v) is 4.73. The number of halogens is 1. The Balaban J connectivity index is 1.49. The molecule has 178 valence electrons. The molecule has 1 fully saturated rings. The molecule has 2 heterocycles. The van der Waals surface area contributed by atoms with E-state index in [1.54, 1.807) is 26.4 Å². The normalized spacial score (nSPS) is 14.6. The van der Waals surface area contributed by atoms with Crippen LogP contribution < -0.4 is 20.1 Å². The molecule has 1 amide bonds. The lowest BCUT2D eigenvalue weighted by molar-refractivity contribution is 0.237. The Kier molecular flexibility index (Phi) is 6.10. The monoisotopic (exact) mass is 465 g/mol. The van der Waals surface area contributed by atoms with Crippen LogP contribution in [0.5, 0.6) is 11.5 Å². The number of aromatic nitrogens is 2.